The van der Waals surface area contributed by atoms with Crippen LogP contribution in [0.25, 0.3) is 5.65 Å². The Morgan fingerprint density at radius 2 is 2.31 bits per heavy atom. The number of nitrogen functional groups attached to an aromatic ring is 1. The number of nitrogens with one attached hydrogen (secondary N) is 1. The summed E-state index contributed by atoms with van der Waals surface area (Å²) in [5.41, 5.74) is 7.22. The van der Waals surface area contributed by atoms with Crippen LogP contribution >= 0.6 is 0 Å². The lowest BCUT2D eigenvalue weighted by Crippen LogP contribution is -2.15. The molecule has 0 saturated carbocycles. The molecule has 4 N–H and O–H groups in total. The number of pyridine rings is 1. The summed E-state index contributed by atoms with van der Waals surface area (Å²) in [5.74, 6) is -0.160. The summed E-state index contributed by atoms with van der Waals surface area (Å²) in [5, 5.41) is 24.4. The minimum Gasteiger partial charge on any atom is -0.489 e. The zero-order chi connectivity index (χ0) is 18.5. The normalized spacial score (nSPS) is 10.5. The van der Waals surface area contributed by atoms with E-state index in [9.17, 15) is 4.79 Å². The van der Waals surface area contributed by atoms with Gasteiger partial charge < -0.3 is 20.9 Å². The molecule has 132 valence electrons. The standard InChI is InChI=1S/C16H15N7O3/c17-3-1-10-7-20-15-13(14(18)22-23(15)9-10)16(25)21-11-8-19-4-2-12(11)26-6-5-24/h2,4,7-9,24H,1,5-6H2,(H2,18,22)(H,21,25). The molecule has 3 heterocycles. The second-order valence-corrected chi connectivity index (χ2v) is 5.22. The van der Waals surface area contributed by atoms with Crippen molar-refractivity contribution >= 4 is 23.1 Å². The number of nitrogens with two attached hydrogens (primary N) is 1. The number of aliphatic hydroxyl groups excluding tert-OH is 1. The maximum absolute atomic E-state index is 12.7. The Bertz CT molecular complexity index is 993. The number of rotatable bonds is 6. The number of aliphatic hydroxyl groups is 1. The van der Waals surface area contributed by atoms with Crippen LogP contribution in [0.1, 0.15) is 15.9 Å². The van der Waals surface area contributed by atoms with Crippen LogP contribution in [0.3, 0.4) is 0 Å². The van der Waals surface area contributed by atoms with Gasteiger partial charge in [0.25, 0.3) is 5.91 Å². The molecule has 0 aliphatic carbocycles. The van der Waals surface area contributed by atoms with Gasteiger partial charge >= 0.3 is 0 Å². The van der Waals surface area contributed by atoms with Crippen molar-refractivity contribution in [3.63, 3.8) is 0 Å². The minimum atomic E-state index is -0.528. The van der Waals surface area contributed by atoms with Gasteiger partial charge in [-0.1, -0.05) is 0 Å². The Morgan fingerprint density at radius 1 is 1.46 bits per heavy atom. The first-order chi connectivity index (χ1) is 12.6. The number of ether oxygens (including phenoxy) is 1. The highest BCUT2D eigenvalue weighted by Gasteiger charge is 2.21. The molecular weight excluding hydrogens is 338 g/mol. The molecule has 0 saturated heterocycles. The van der Waals surface area contributed by atoms with Crippen LogP contribution in [0.15, 0.2) is 30.9 Å². The topological polar surface area (TPSA) is 151 Å². The first-order valence-electron chi connectivity index (χ1n) is 7.62. The van der Waals surface area contributed by atoms with Gasteiger partial charge in [-0.2, -0.15) is 5.26 Å². The Kier molecular flexibility index (Phi) is 4.91. The van der Waals surface area contributed by atoms with Crippen molar-refractivity contribution in [1.82, 2.24) is 19.6 Å². The van der Waals surface area contributed by atoms with E-state index in [1.165, 1.54) is 23.1 Å². The Hall–Kier alpha value is -3.71. The van der Waals surface area contributed by atoms with E-state index in [-0.39, 0.29) is 36.7 Å². The second-order valence-electron chi connectivity index (χ2n) is 5.22. The summed E-state index contributed by atoms with van der Waals surface area (Å²) >= 11 is 0. The fourth-order valence-electron chi connectivity index (χ4n) is 2.33. The smallest absolute Gasteiger partial charge is 0.263 e. The van der Waals surface area contributed by atoms with Gasteiger partial charge in [0.05, 0.1) is 25.3 Å². The molecule has 0 atom stereocenters. The van der Waals surface area contributed by atoms with Gasteiger partial charge in [0.2, 0.25) is 0 Å². The zero-order valence-electron chi connectivity index (χ0n) is 13.6. The van der Waals surface area contributed by atoms with Gasteiger partial charge in [0.15, 0.2) is 11.5 Å². The van der Waals surface area contributed by atoms with E-state index in [1.807, 2.05) is 6.07 Å². The van der Waals surface area contributed by atoms with Gasteiger partial charge in [-0.3, -0.25) is 9.78 Å². The number of hydrogen-bond donors (Lipinski definition) is 3. The van der Waals surface area contributed by atoms with E-state index in [0.29, 0.717) is 17.0 Å². The highest BCUT2D eigenvalue weighted by molar-refractivity contribution is 6.11. The lowest BCUT2D eigenvalue weighted by atomic mass is 10.2. The van der Waals surface area contributed by atoms with Crippen molar-refractivity contribution in [1.29, 1.82) is 5.26 Å². The van der Waals surface area contributed by atoms with E-state index in [4.69, 9.17) is 20.8 Å². The molecular formula is C16H15N7O3. The molecule has 0 aliphatic heterocycles. The van der Waals surface area contributed by atoms with E-state index in [1.54, 1.807) is 12.3 Å². The van der Waals surface area contributed by atoms with Gasteiger partial charge in [0, 0.05) is 30.2 Å². The van der Waals surface area contributed by atoms with Gasteiger partial charge in [-0.15, -0.1) is 5.10 Å². The number of nitrogens with zero attached hydrogens (tertiary/aromatic N) is 5. The third kappa shape index (κ3) is 3.38. The highest BCUT2D eigenvalue weighted by Crippen LogP contribution is 2.25. The number of aromatic nitrogens is 4. The molecule has 0 unspecified atom stereocenters. The average molecular weight is 353 g/mol. The molecule has 0 bridgehead atoms. The number of fused-ring (bicyclic) bond motifs is 1. The summed E-state index contributed by atoms with van der Waals surface area (Å²) in [6, 6.07) is 3.58. The van der Waals surface area contributed by atoms with Crippen molar-refractivity contribution in [3.05, 3.63) is 42.0 Å². The van der Waals surface area contributed by atoms with Crippen LogP contribution in [0.5, 0.6) is 5.75 Å². The van der Waals surface area contributed by atoms with Crippen LogP contribution < -0.4 is 15.8 Å². The Morgan fingerprint density at radius 3 is 3.08 bits per heavy atom. The quantitative estimate of drug-likeness (QED) is 0.576. The summed E-state index contributed by atoms with van der Waals surface area (Å²) in [6.45, 7) is -0.0827. The fourth-order valence-corrected chi connectivity index (χ4v) is 2.33. The van der Waals surface area contributed by atoms with Crippen molar-refractivity contribution in [2.45, 2.75) is 6.42 Å². The van der Waals surface area contributed by atoms with Crippen molar-refractivity contribution in [2.75, 3.05) is 24.3 Å². The van der Waals surface area contributed by atoms with Crippen LogP contribution in [0.2, 0.25) is 0 Å². The molecule has 26 heavy (non-hydrogen) atoms. The first kappa shape index (κ1) is 17.1. The molecule has 0 radical (unpaired) electrons. The minimum absolute atomic E-state index is 0.00539. The maximum atomic E-state index is 12.7. The predicted octanol–water partition coefficient (Wildman–Crippen LogP) is 0.396. The van der Waals surface area contributed by atoms with Gasteiger partial charge in [-0.05, 0) is 0 Å². The lowest BCUT2D eigenvalue weighted by molar-refractivity contribution is 0.102. The van der Waals surface area contributed by atoms with Crippen LogP contribution in [-0.2, 0) is 6.42 Å². The molecule has 3 aromatic heterocycles. The molecule has 10 heteroatoms. The highest BCUT2D eigenvalue weighted by atomic mass is 16.5. The fraction of sp³-hybridized carbons (Fsp3) is 0.188. The summed E-state index contributed by atoms with van der Waals surface area (Å²) in [6.07, 6.45) is 6.19. The summed E-state index contributed by atoms with van der Waals surface area (Å²) in [4.78, 5) is 20.8. The van der Waals surface area contributed by atoms with Crippen molar-refractivity contribution in [3.8, 4) is 11.8 Å². The molecule has 1 amide bonds. The number of hydrogen-bond acceptors (Lipinski definition) is 8. The van der Waals surface area contributed by atoms with E-state index >= 15 is 0 Å². The molecule has 3 rings (SSSR count). The molecule has 10 nitrogen and oxygen atoms in total. The third-order valence-corrected chi connectivity index (χ3v) is 3.44. The third-order valence-electron chi connectivity index (χ3n) is 3.44. The summed E-state index contributed by atoms with van der Waals surface area (Å²) in [7, 11) is 0. The van der Waals surface area contributed by atoms with E-state index in [2.05, 4.69) is 20.4 Å². The number of amides is 1. The number of anilines is 2. The SMILES string of the molecule is N#CCc1cnc2c(C(=O)Nc3cnccc3OCCO)c(N)nn2c1. The second kappa shape index (κ2) is 7.45. The average Bonchev–Trinajstić information content (AvgIpc) is 2.96. The number of carbonyl (C=O) groups is 1. The van der Waals surface area contributed by atoms with Crippen molar-refractivity contribution in [2.24, 2.45) is 0 Å². The Labute approximate surface area is 147 Å². The first-order valence-corrected chi connectivity index (χ1v) is 7.62. The van der Waals surface area contributed by atoms with Crippen LogP contribution in [0, 0.1) is 11.3 Å². The predicted molar refractivity (Wildman–Crippen MR) is 91.5 cm³/mol. The lowest BCUT2D eigenvalue weighted by Gasteiger charge is -2.10. The monoisotopic (exact) mass is 353 g/mol. The zero-order valence-corrected chi connectivity index (χ0v) is 13.6. The number of carbonyl (C=O) groups excluding carboxylic acids is 1. The van der Waals surface area contributed by atoms with Gasteiger partial charge in [-0.25, -0.2) is 9.50 Å². The Balaban J connectivity index is 1.91. The molecule has 3 aromatic rings. The van der Waals surface area contributed by atoms with Crippen LogP contribution in [-0.4, -0.2) is 43.8 Å². The summed E-state index contributed by atoms with van der Waals surface area (Å²) < 4.78 is 6.73. The van der Waals surface area contributed by atoms with Crippen molar-refractivity contribution < 1.29 is 14.6 Å². The molecule has 0 spiro atoms. The molecule has 0 aromatic carbocycles. The largest absolute Gasteiger partial charge is 0.489 e. The van der Waals surface area contributed by atoms with Gasteiger partial charge in [0.1, 0.15) is 23.6 Å². The molecule has 0 aliphatic rings. The van der Waals surface area contributed by atoms with E-state index in [0.717, 1.165) is 0 Å². The van der Waals surface area contributed by atoms with E-state index < -0.39 is 5.91 Å². The molecule has 0 fully saturated rings. The maximum Gasteiger partial charge on any atom is 0.263 e. The van der Waals surface area contributed by atoms with Crippen LogP contribution in [0.4, 0.5) is 11.5 Å². The number of nitriles is 1.